The van der Waals surface area contributed by atoms with Gasteiger partial charge in [0.2, 0.25) is 0 Å². The highest BCUT2D eigenvalue weighted by Crippen LogP contribution is 2.07. The molecule has 0 unspecified atom stereocenters. The molecule has 0 bridgehead atoms. The average molecular weight is 197 g/mol. The van der Waals surface area contributed by atoms with Crippen molar-refractivity contribution in [1.82, 2.24) is 14.8 Å². The zero-order valence-corrected chi connectivity index (χ0v) is 8.73. The first-order chi connectivity index (χ1) is 6.65. The van der Waals surface area contributed by atoms with Crippen LogP contribution in [0.1, 0.15) is 32.6 Å². The van der Waals surface area contributed by atoms with Crippen LogP contribution in [-0.4, -0.2) is 27.3 Å². The molecule has 1 rings (SSSR count). The van der Waals surface area contributed by atoms with Crippen molar-refractivity contribution in [2.75, 3.05) is 6.61 Å². The second-order valence-electron chi connectivity index (χ2n) is 3.23. The number of carbonyl (C=O) groups excluding carboxylic acids is 1. The second-order valence-corrected chi connectivity index (χ2v) is 3.23. The molecule has 1 aromatic heterocycles. The van der Waals surface area contributed by atoms with Gasteiger partial charge in [0, 0.05) is 6.04 Å². The molecule has 0 aliphatic rings. The summed E-state index contributed by atoms with van der Waals surface area (Å²) < 4.78 is 6.69. The number of ether oxygens (including phenoxy) is 1. The molecule has 5 nitrogen and oxygen atoms in total. The van der Waals surface area contributed by atoms with Crippen LogP contribution in [0.2, 0.25) is 0 Å². The number of nitrogens with zero attached hydrogens (tertiary/aromatic N) is 3. The van der Waals surface area contributed by atoms with E-state index in [0.717, 1.165) is 0 Å². The summed E-state index contributed by atoms with van der Waals surface area (Å²) in [7, 11) is 0. The largest absolute Gasteiger partial charge is 0.466 e. The van der Waals surface area contributed by atoms with E-state index in [2.05, 4.69) is 10.2 Å². The summed E-state index contributed by atoms with van der Waals surface area (Å²) in [5, 5.41) is 7.63. The molecule has 0 saturated heterocycles. The Morgan fingerprint density at radius 1 is 1.64 bits per heavy atom. The lowest BCUT2D eigenvalue weighted by Crippen LogP contribution is -2.13. The molecule has 0 fully saturated rings. The summed E-state index contributed by atoms with van der Waals surface area (Å²) in [6, 6.07) is 0.259. The Bertz CT molecular complexity index is 307. The predicted molar refractivity (Wildman–Crippen MR) is 50.7 cm³/mol. The van der Waals surface area contributed by atoms with Crippen LogP contribution in [0.5, 0.6) is 0 Å². The van der Waals surface area contributed by atoms with Crippen LogP contribution in [0.4, 0.5) is 0 Å². The Morgan fingerprint density at radius 3 is 2.93 bits per heavy atom. The van der Waals surface area contributed by atoms with Gasteiger partial charge in [-0.1, -0.05) is 0 Å². The minimum absolute atomic E-state index is 0.187. The van der Waals surface area contributed by atoms with E-state index in [-0.39, 0.29) is 18.4 Å². The minimum Gasteiger partial charge on any atom is -0.466 e. The van der Waals surface area contributed by atoms with Gasteiger partial charge in [-0.3, -0.25) is 4.79 Å². The molecule has 0 aromatic carbocycles. The normalized spacial score (nSPS) is 10.6. The highest BCUT2D eigenvalue weighted by Gasteiger charge is 2.12. The molecule has 0 aliphatic heterocycles. The third kappa shape index (κ3) is 2.55. The first kappa shape index (κ1) is 10.7. The lowest BCUT2D eigenvalue weighted by molar-refractivity contribution is -0.142. The van der Waals surface area contributed by atoms with E-state index in [0.29, 0.717) is 12.4 Å². The summed E-state index contributed by atoms with van der Waals surface area (Å²) in [4.78, 5) is 11.2. The zero-order valence-electron chi connectivity index (χ0n) is 8.73. The van der Waals surface area contributed by atoms with E-state index < -0.39 is 0 Å². The Kier molecular flexibility index (Phi) is 3.62. The highest BCUT2D eigenvalue weighted by molar-refractivity contribution is 5.71. The fraction of sp³-hybridized carbons (Fsp3) is 0.667. The van der Waals surface area contributed by atoms with Crippen molar-refractivity contribution in [1.29, 1.82) is 0 Å². The number of esters is 1. The fourth-order valence-corrected chi connectivity index (χ4v) is 1.17. The van der Waals surface area contributed by atoms with Gasteiger partial charge in [0.15, 0.2) is 0 Å². The Hall–Kier alpha value is -1.39. The van der Waals surface area contributed by atoms with Crippen molar-refractivity contribution in [3.63, 3.8) is 0 Å². The van der Waals surface area contributed by atoms with Crippen molar-refractivity contribution in [2.45, 2.75) is 33.2 Å². The van der Waals surface area contributed by atoms with E-state index in [1.807, 2.05) is 18.4 Å². The van der Waals surface area contributed by atoms with Crippen LogP contribution in [-0.2, 0) is 16.0 Å². The molecule has 0 amide bonds. The maximum absolute atomic E-state index is 11.2. The lowest BCUT2D eigenvalue weighted by Gasteiger charge is -2.08. The smallest absolute Gasteiger partial charge is 0.313 e. The fourth-order valence-electron chi connectivity index (χ4n) is 1.17. The van der Waals surface area contributed by atoms with E-state index >= 15 is 0 Å². The van der Waals surface area contributed by atoms with Crippen molar-refractivity contribution >= 4 is 5.97 Å². The quantitative estimate of drug-likeness (QED) is 0.675. The van der Waals surface area contributed by atoms with E-state index in [9.17, 15) is 4.79 Å². The monoisotopic (exact) mass is 197 g/mol. The van der Waals surface area contributed by atoms with Crippen LogP contribution >= 0.6 is 0 Å². The van der Waals surface area contributed by atoms with E-state index in [1.165, 1.54) is 0 Å². The van der Waals surface area contributed by atoms with Crippen LogP contribution in [0.15, 0.2) is 6.33 Å². The Labute approximate surface area is 83.1 Å². The molecule has 14 heavy (non-hydrogen) atoms. The van der Waals surface area contributed by atoms with E-state index in [4.69, 9.17) is 4.74 Å². The Balaban J connectivity index is 2.66. The molecule has 0 radical (unpaired) electrons. The van der Waals surface area contributed by atoms with Crippen molar-refractivity contribution in [2.24, 2.45) is 0 Å². The van der Waals surface area contributed by atoms with Gasteiger partial charge in [0.1, 0.15) is 18.6 Å². The molecule has 0 N–H and O–H groups in total. The van der Waals surface area contributed by atoms with Crippen LogP contribution in [0.25, 0.3) is 0 Å². The summed E-state index contributed by atoms with van der Waals surface area (Å²) in [5.41, 5.74) is 0. The summed E-state index contributed by atoms with van der Waals surface area (Å²) in [6.45, 7) is 6.20. The molecule has 0 aliphatic carbocycles. The molecule has 0 spiro atoms. The molecule has 0 atom stereocenters. The molecule has 78 valence electrons. The predicted octanol–water partition coefficient (Wildman–Crippen LogP) is 0.965. The van der Waals surface area contributed by atoms with Gasteiger partial charge in [0.05, 0.1) is 6.61 Å². The number of aromatic nitrogens is 3. The van der Waals surface area contributed by atoms with Crippen molar-refractivity contribution < 1.29 is 9.53 Å². The molecule has 0 saturated carbocycles. The van der Waals surface area contributed by atoms with Gasteiger partial charge in [-0.25, -0.2) is 0 Å². The van der Waals surface area contributed by atoms with Crippen molar-refractivity contribution in [3.8, 4) is 0 Å². The third-order valence-corrected chi connectivity index (χ3v) is 1.81. The van der Waals surface area contributed by atoms with Gasteiger partial charge < -0.3 is 9.30 Å². The minimum atomic E-state index is -0.262. The SMILES string of the molecule is CCOC(=O)Cc1nncn1C(C)C. The Morgan fingerprint density at radius 2 is 2.36 bits per heavy atom. The first-order valence-corrected chi connectivity index (χ1v) is 4.69. The lowest BCUT2D eigenvalue weighted by atomic mass is 10.3. The average Bonchev–Trinajstić information content (AvgIpc) is 2.52. The van der Waals surface area contributed by atoms with Crippen LogP contribution in [0, 0.1) is 0 Å². The van der Waals surface area contributed by atoms with Gasteiger partial charge in [-0.2, -0.15) is 0 Å². The number of rotatable bonds is 4. The molecule has 1 heterocycles. The summed E-state index contributed by atoms with van der Waals surface area (Å²) in [6.07, 6.45) is 1.81. The summed E-state index contributed by atoms with van der Waals surface area (Å²) in [5.74, 6) is 0.390. The highest BCUT2D eigenvalue weighted by atomic mass is 16.5. The first-order valence-electron chi connectivity index (χ1n) is 4.69. The van der Waals surface area contributed by atoms with Gasteiger partial charge in [-0.15, -0.1) is 10.2 Å². The molecule has 1 aromatic rings. The zero-order chi connectivity index (χ0) is 10.6. The van der Waals surface area contributed by atoms with E-state index in [1.54, 1.807) is 13.3 Å². The molecular weight excluding hydrogens is 182 g/mol. The maximum Gasteiger partial charge on any atom is 0.313 e. The standard InChI is InChI=1S/C9H15N3O2/c1-4-14-9(13)5-8-11-10-6-12(8)7(2)3/h6-7H,4-5H2,1-3H3. The second kappa shape index (κ2) is 4.74. The topological polar surface area (TPSA) is 57.0 Å². The van der Waals surface area contributed by atoms with Gasteiger partial charge >= 0.3 is 5.97 Å². The number of carbonyl (C=O) groups is 1. The third-order valence-electron chi connectivity index (χ3n) is 1.81. The van der Waals surface area contributed by atoms with Crippen molar-refractivity contribution in [3.05, 3.63) is 12.2 Å². The van der Waals surface area contributed by atoms with Crippen LogP contribution in [0.3, 0.4) is 0 Å². The van der Waals surface area contributed by atoms with Gasteiger partial charge in [-0.05, 0) is 20.8 Å². The molecule has 5 heteroatoms. The van der Waals surface area contributed by atoms with Gasteiger partial charge in [0.25, 0.3) is 0 Å². The maximum atomic E-state index is 11.2. The van der Waals surface area contributed by atoms with Crippen LogP contribution < -0.4 is 0 Å². The number of hydrogen-bond acceptors (Lipinski definition) is 4. The molecular formula is C9H15N3O2. The summed E-state index contributed by atoms with van der Waals surface area (Å²) >= 11 is 0. The number of hydrogen-bond donors (Lipinski definition) is 0.